The summed E-state index contributed by atoms with van der Waals surface area (Å²) in [5.74, 6) is -0.142. The molecule has 0 spiro atoms. The summed E-state index contributed by atoms with van der Waals surface area (Å²) >= 11 is 0. The molecule has 0 heterocycles. The molecule has 0 bridgehead atoms. The van der Waals surface area contributed by atoms with Gasteiger partial charge >= 0.3 is 0 Å². The van der Waals surface area contributed by atoms with E-state index in [0.29, 0.717) is 38.5 Å². The Morgan fingerprint density at radius 1 is 1.08 bits per heavy atom. The molecule has 0 unspecified atom stereocenters. The average Bonchev–Trinajstić information content (AvgIpc) is 3.25. The predicted octanol–water partition coefficient (Wildman–Crippen LogP) is 5.86. The number of aldehydes is 1. The first-order valence-electron chi connectivity index (χ1n) is 13.5. The van der Waals surface area contributed by atoms with Gasteiger partial charge in [-0.15, -0.1) is 0 Å². The van der Waals surface area contributed by atoms with Crippen LogP contribution >= 0.6 is 0 Å². The van der Waals surface area contributed by atoms with Crippen molar-refractivity contribution in [2.45, 2.75) is 84.6 Å². The Bertz CT molecular complexity index is 1050. The smallest absolute Gasteiger partial charge is 0.223 e. The van der Waals surface area contributed by atoms with Crippen LogP contribution in [0, 0.1) is 23.7 Å². The van der Waals surface area contributed by atoms with E-state index < -0.39 is 5.92 Å². The summed E-state index contributed by atoms with van der Waals surface area (Å²) in [6.45, 7) is 6.07. The summed E-state index contributed by atoms with van der Waals surface area (Å²) in [6, 6.07) is 14.2. The van der Waals surface area contributed by atoms with Crippen LogP contribution in [0.15, 0.2) is 42.5 Å². The first kappa shape index (κ1) is 27.8. The molecule has 4 atom stereocenters. The van der Waals surface area contributed by atoms with E-state index in [4.69, 9.17) is 0 Å². The van der Waals surface area contributed by atoms with Crippen LogP contribution in [0.1, 0.15) is 77.7 Å². The number of hydrogen-bond acceptors (Lipinski definition) is 4. The molecule has 36 heavy (non-hydrogen) atoms. The highest BCUT2D eigenvalue weighted by Crippen LogP contribution is 2.28. The lowest BCUT2D eigenvalue weighted by molar-refractivity contribution is -0.132. The minimum Gasteiger partial charge on any atom is -0.353 e. The Kier molecular flexibility index (Phi) is 10.4. The van der Waals surface area contributed by atoms with Gasteiger partial charge in [-0.05, 0) is 60.8 Å². The van der Waals surface area contributed by atoms with Crippen molar-refractivity contribution in [1.29, 1.82) is 0 Å². The molecule has 0 aromatic heterocycles. The fourth-order valence-corrected chi connectivity index (χ4v) is 5.53. The fourth-order valence-electron chi connectivity index (χ4n) is 5.53. The summed E-state index contributed by atoms with van der Waals surface area (Å²) in [7, 11) is 0. The number of hydrogen-bond donors (Lipinski definition) is 1. The van der Waals surface area contributed by atoms with Gasteiger partial charge in [0.15, 0.2) is 0 Å². The molecule has 1 fully saturated rings. The van der Waals surface area contributed by atoms with Gasteiger partial charge in [0.25, 0.3) is 0 Å². The zero-order chi connectivity index (χ0) is 26.1. The van der Waals surface area contributed by atoms with Gasteiger partial charge in [0.2, 0.25) is 5.91 Å². The van der Waals surface area contributed by atoms with Gasteiger partial charge in [0.1, 0.15) is 17.9 Å². The van der Waals surface area contributed by atoms with Gasteiger partial charge in [0.05, 0.1) is 0 Å². The molecular formula is C31H41NO4. The molecule has 2 aromatic rings. The van der Waals surface area contributed by atoms with Crippen LogP contribution in [0.25, 0.3) is 10.8 Å². The first-order valence-corrected chi connectivity index (χ1v) is 13.5. The van der Waals surface area contributed by atoms with Gasteiger partial charge in [-0.1, -0.05) is 63.2 Å². The molecule has 1 N–H and O–H groups in total. The zero-order valence-electron chi connectivity index (χ0n) is 22.0. The lowest BCUT2D eigenvalue weighted by atomic mass is 9.85. The molecule has 1 aliphatic carbocycles. The third kappa shape index (κ3) is 7.84. The number of carbonyl (C=O) groups is 4. The van der Waals surface area contributed by atoms with Crippen LogP contribution in [0.4, 0.5) is 0 Å². The number of ketones is 2. The van der Waals surface area contributed by atoms with Gasteiger partial charge < -0.3 is 10.1 Å². The van der Waals surface area contributed by atoms with E-state index in [1.54, 1.807) is 0 Å². The van der Waals surface area contributed by atoms with Crippen LogP contribution in [-0.4, -0.2) is 29.8 Å². The minimum atomic E-state index is -0.412. The van der Waals surface area contributed by atoms with E-state index >= 15 is 0 Å². The largest absolute Gasteiger partial charge is 0.353 e. The fraction of sp³-hybridized carbons (Fsp3) is 0.548. The van der Waals surface area contributed by atoms with Crippen LogP contribution in [-0.2, 0) is 25.6 Å². The van der Waals surface area contributed by atoms with Gasteiger partial charge in [-0.25, -0.2) is 0 Å². The van der Waals surface area contributed by atoms with Crippen LogP contribution < -0.4 is 5.32 Å². The maximum absolute atomic E-state index is 13.4. The number of nitrogens with one attached hydrogen (secondary N) is 1. The summed E-state index contributed by atoms with van der Waals surface area (Å²) in [6.07, 6.45) is 6.15. The molecule has 5 heteroatoms. The number of amides is 1. The second-order valence-electron chi connectivity index (χ2n) is 11.0. The van der Waals surface area contributed by atoms with Crippen LogP contribution in [0.2, 0.25) is 0 Å². The van der Waals surface area contributed by atoms with Crippen LogP contribution in [0.5, 0.6) is 0 Å². The van der Waals surface area contributed by atoms with E-state index in [-0.39, 0.29) is 47.7 Å². The normalized spacial score (nSPS) is 18.2. The van der Waals surface area contributed by atoms with Gasteiger partial charge in [-0.2, -0.15) is 0 Å². The number of fused-ring (bicyclic) bond motifs is 1. The van der Waals surface area contributed by atoms with Crippen molar-refractivity contribution in [1.82, 2.24) is 5.32 Å². The summed E-state index contributed by atoms with van der Waals surface area (Å²) in [4.78, 5) is 49.8. The summed E-state index contributed by atoms with van der Waals surface area (Å²) < 4.78 is 0. The molecule has 0 aliphatic heterocycles. The topological polar surface area (TPSA) is 80.3 Å². The Balaban J connectivity index is 1.66. The van der Waals surface area contributed by atoms with E-state index in [9.17, 15) is 19.2 Å². The molecule has 0 saturated heterocycles. The van der Waals surface area contributed by atoms with Crippen molar-refractivity contribution in [3.05, 3.63) is 48.0 Å². The molecule has 5 nitrogen and oxygen atoms in total. The van der Waals surface area contributed by atoms with Crippen molar-refractivity contribution < 1.29 is 19.2 Å². The van der Waals surface area contributed by atoms with Crippen LogP contribution in [0.3, 0.4) is 0 Å². The molecule has 1 amide bonds. The van der Waals surface area contributed by atoms with Crippen molar-refractivity contribution in [2.75, 3.05) is 0 Å². The highest BCUT2D eigenvalue weighted by molar-refractivity contribution is 5.90. The first-order chi connectivity index (χ1) is 17.3. The van der Waals surface area contributed by atoms with E-state index in [0.717, 1.165) is 35.5 Å². The molecular weight excluding hydrogens is 450 g/mol. The van der Waals surface area contributed by atoms with Crippen molar-refractivity contribution in [3.8, 4) is 0 Å². The quantitative estimate of drug-likeness (QED) is 0.336. The minimum absolute atomic E-state index is 0.0344. The van der Waals surface area contributed by atoms with Gasteiger partial charge in [0, 0.05) is 43.1 Å². The Morgan fingerprint density at radius 3 is 2.53 bits per heavy atom. The maximum Gasteiger partial charge on any atom is 0.223 e. The molecule has 1 saturated carbocycles. The number of benzene rings is 2. The Labute approximate surface area is 215 Å². The molecule has 2 aromatic carbocycles. The van der Waals surface area contributed by atoms with E-state index in [1.807, 2.05) is 25.1 Å². The third-order valence-electron chi connectivity index (χ3n) is 7.51. The van der Waals surface area contributed by atoms with Crippen molar-refractivity contribution >= 4 is 34.5 Å². The molecule has 194 valence electrons. The second kappa shape index (κ2) is 13.5. The molecule has 3 rings (SSSR count). The summed E-state index contributed by atoms with van der Waals surface area (Å²) in [5, 5.41) is 5.44. The SMILES string of the molecule is CC(C)C[C@H](CC(=O)[C@@H](C)Cc1cccc2ccccc12)C(=O)N[C@H](CCC=O)C[C@@H]1CCCC1=O. The molecule has 0 radical (unpaired) electrons. The highest BCUT2D eigenvalue weighted by atomic mass is 16.2. The Morgan fingerprint density at radius 2 is 1.83 bits per heavy atom. The predicted molar refractivity (Wildman–Crippen MR) is 144 cm³/mol. The highest BCUT2D eigenvalue weighted by Gasteiger charge is 2.31. The summed E-state index contributed by atoms with van der Waals surface area (Å²) in [5.41, 5.74) is 1.15. The van der Waals surface area contributed by atoms with Gasteiger partial charge in [-0.3, -0.25) is 14.4 Å². The zero-order valence-corrected chi connectivity index (χ0v) is 22.0. The number of carbonyl (C=O) groups excluding carboxylic acids is 4. The van der Waals surface area contributed by atoms with E-state index in [1.165, 1.54) is 0 Å². The molecule has 1 aliphatic rings. The van der Waals surface area contributed by atoms with E-state index in [2.05, 4.69) is 43.4 Å². The standard InChI is InChI=1S/C31H41NO4/c1-21(2)17-26(31(36)32-27(13-8-16-33)19-25-12-7-15-29(25)34)20-30(35)22(3)18-24-11-6-10-23-9-4-5-14-28(23)24/h4-6,9-11,14,16,21-22,25-27H,7-8,12-13,15,17-20H2,1-3H3,(H,32,36)/t22-,25-,26+,27+/m0/s1. The number of rotatable bonds is 14. The maximum atomic E-state index is 13.4. The Hall–Kier alpha value is -2.82. The second-order valence-corrected chi connectivity index (χ2v) is 11.0. The lowest BCUT2D eigenvalue weighted by Gasteiger charge is -2.25. The average molecular weight is 492 g/mol. The van der Waals surface area contributed by atoms with Crippen molar-refractivity contribution in [3.63, 3.8) is 0 Å². The third-order valence-corrected chi connectivity index (χ3v) is 7.51. The monoisotopic (exact) mass is 491 g/mol. The number of Topliss-reactive ketones (excluding diaryl/α,β-unsaturated/α-hetero) is 2. The van der Waals surface area contributed by atoms with Crippen molar-refractivity contribution in [2.24, 2.45) is 23.7 Å². The lowest BCUT2D eigenvalue weighted by Crippen LogP contribution is -2.41.